The van der Waals surface area contributed by atoms with Crippen LogP contribution in [0.5, 0.6) is 0 Å². The van der Waals surface area contributed by atoms with Crippen LogP contribution in [0.15, 0.2) is 72.9 Å². The SMILES string of the molecule is Cc1c(C#Cc2cnc3ccc(N4CCC(OC5CCN(C(=O)CN6CC7(C6)CN(c6cccc8c6C(=O)N(C6CCC(=O)NC6=O)C8=O)C7)CC5)CC4)nn23)cccc1C(=O)Nc1cc(Cl)cc(C(F)(F)F)c1. The summed E-state index contributed by atoms with van der Waals surface area (Å²) in [5.74, 6) is 4.42. The number of amides is 6. The summed E-state index contributed by atoms with van der Waals surface area (Å²) >= 11 is 5.92. The van der Waals surface area contributed by atoms with Crippen LogP contribution in [0, 0.1) is 24.2 Å². The first-order valence-electron chi connectivity index (χ1n) is 24.6. The van der Waals surface area contributed by atoms with E-state index < -0.39 is 47.3 Å². The highest BCUT2D eigenvalue weighted by Gasteiger charge is 2.54. The number of hydrogen-bond acceptors (Lipinski definition) is 12. The van der Waals surface area contributed by atoms with Gasteiger partial charge in [-0.1, -0.05) is 29.7 Å². The number of hydrogen-bond donors (Lipinski definition) is 2. The van der Waals surface area contributed by atoms with Crippen molar-refractivity contribution in [3.8, 4) is 11.8 Å². The number of alkyl halides is 3. The molecular formula is C53H50ClF3N10O7. The molecule has 0 bridgehead atoms. The Hall–Kier alpha value is -7.34. The molecule has 11 rings (SSSR count). The maximum atomic E-state index is 13.6. The maximum Gasteiger partial charge on any atom is 0.416 e. The number of anilines is 3. The molecule has 17 nitrogen and oxygen atoms in total. The van der Waals surface area contributed by atoms with Crippen molar-refractivity contribution in [1.82, 2.24) is 34.6 Å². The molecule has 5 aromatic rings. The molecule has 382 valence electrons. The second kappa shape index (κ2) is 19.2. The first-order chi connectivity index (χ1) is 35.5. The number of halogens is 4. The van der Waals surface area contributed by atoms with E-state index in [2.05, 4.69) is 42.2 Å². The van der Waals surface area contributed by atoms with Gasteiger partial charge in [-0.2, -0.15) is 13.2 Å². The third-order valence-electron chi connectivity index (χ3n) is 15.0. The third-order valence-corrected chi connectivity index (χ3v) is 15.2. The van der Waals surface area contributed by atoms with Gasteiger partial charge in [-0.3, -0.25) is 43.9 Å². The number of imide groups is 2. The number of nitrogens with one attached hydrogen (secondary N) is 2. The van der Waals surface area contributed by atoms with Crippen molar-refractivity contribution in [2.75, 3.05) is 74.0 Å². The fourth-order valence-electron chi connectivity index (χ4n) is 11.2. The molecule has 5 saturated heterocycles. The van der Waals surface area contributed by atoms with Gasteiger partial charge in [0, 0.05) is 86.0 Å². The smallest absolute Gasteiger partial charge is 0.375 e. The Morgan fingerprint density at radius 1 is 0.865 bits per heavy atom. The lowest BCUT2D eigenvalue weighted by atomic mass is 9.72. The van der Waals surface area contributed by atoms with E-state index in [1.165, 1.54) is 6.07 Å². The minimum atomic E-state index is -4.63. The zero-order valence-corrected chi connectivity index (χ0v) is 41.0. The number of likely N-dealkylation sites (tertiary alicyclic amines) is 2. The first-order valence-corrected chi connectivity index (χ1v) is 25.0. The Morgan fingerprint density at radius 2 is 1.59 bits per heavy atom. The number of carbonyl (C=O) groups excluding carboxylic acids is 6. The van der Waals surface area contributed by atoms with Crippen molar-refractivity contribution in [1.29, 1.82) is 0 Å². The maximum absolute atomic E-state index is 13.6. The van der Waals surface area contributed by atoms with E-state index in [0.717, 1.165) is 74.7 Å². The number of nitrogens with zero attached hydrogens (tertiary/aromatic N) is 8. The summed E-state index contributed by atoms with van der Waals surface area (Å²) in [6.07, 6.45) is 0.469. The predicted molar refractivity (Wildman–Crippen MR) is 265 cm³/mol. The molecule has 0 saturated carbocycles. The van der Waals surface area contributed by atoms with Gasteiger partial charge in [-0.15, -0.1) is 5.10 Å². The van der Waals surface area contributed by atoms with Gasteiger partial charge >= 0.3 is 6.18 Å². The standard InChI is InChI=1S/C53H50ClF3N10O7/c1-31-32(4-2-5-39(31)48(70)59-35-23-33(53(55,56)57)22-34(54)24-35)8-9-36-25-58-43-11-12-44(61-67(36)43)63-18-14-37(15-19-63)74-38-16-20-64(21-17-38)46(69)26-62-27-52(28-62)29-65(30-52)41-7-3-6-40-47(41)51(73)66(50(40)72)42-10-13-45(68)60-49(42)71/h2-7,11-12,22-25,37-38,42H,10,13-21,26-30H2,1H3,(H,59,70)(H,60,68,71). The van der Waals surface area contributed by atoms with Crippen LogP contribution in [-0.2, 0) is 25.3 Å². The summed E-state index contributed by atoms with van der Waals surface area (Å²) in [6, 6.07) is 15.8. The molecule has 6 amide bonds. The van der Waals surface area contributed by atoms with Crippen molar-refractivity contribution in [3.05, 3.63) is 117 Å². The van der Waals surface area contributed by atoms with E-state index in [1.807, 2.05) is 23.1 Å². The number of ether oxygens (including phenoxy) is 1. The summed E-state index contributed by atoms with van der Waals surface area (Å²) < 4.78 is 48.4. The molecule has 1 atom stereocenters. The van der Waals surface area contributed by atoms with E-state index in [9.17, 15) is 41.9 Å². The number of rotatable bonds is 9. The van der Waals surface area contributed by atoms with E-state index in [1.54, 1.807) is 48.0 Å². The first kappa shape index (κ1) is 48.9. The van der Waals surface area contributed by atoms with Crippen LogP contribution in [0.1, 0.15) is 92.0 Å². The Balaban J connectivity index is 0.625. The fourth-order valence-corrected chi connectivity index (χ4v) is 11.5. The molecular weight excluding hydrogens is 981 g/mol. The lowest BCUT2D eigenvalue weighted by molar-refractivity contribution is -0.140. The average Bonchev–Trinajstić information content (AvgIpc) is 3.88. The third kappa shape index (κ3) is 9.43. The average molecular weight is 1030 g/mol. The van der Waals surface area contributed by atoms with Gasteiger partial charge in [-0.05, 0) is 105 Å². The summed E-state index contributed by atoms with van der Waals surface area (Å²) in [6.45, 7) is 7.69. The summed E-state index contributed by atoms with van der Waals surface area (Å²) in [4.78, 5) is 91.8. The zero-order valence-electron chi connectivity index (χ0n) is 40.2. The number of piperidine rings is 3. The number of carbonyl (C=O) groups is 6. The van der Waals surface area contributed by atoms with Gasteiger partial charge in [0.25, 0.3) is 17.7 Å². The zero-order chi connectivity index (χ0) is 51.6. The van der Waals surface area contributed by atoms with Crippen molar-refractivity contribution in [2.45, 2.75) is 69.9 Å². The Labute approximate surface area is 427 Å². The van der Waals surface area contributed by atoms with Crippen LogP contribution in [-0.4, -0.2) is 142 Å². The predicted octanol–water partition coefficient (Wildman–Crippen LogP) is 5.56. The fraction of sp³-hybridized carbons (Fsp3) is 0.396. The highest BCUT2D eigenvalue weighted by atomic mass is 35.5. The molecule has 1 spiro atoms. The monoisotopic (exact) mass is 1030 g/mol. The van der Waals surface area contributed by atoms with Gasteiger partial charge in [-0.25, -0.2) is 9.50 Å². The molecule has 1 unspecified atom stereocenters. The Kier molecular flexibility index (Phi) is 12.7. The molecule has 3 aromatic carbocycles. The molecule has 2 aromatic heterocycles. The number of fused-ring (bicyclic) bond motifs is 2. The van der Waals surface area contributed by atoms with E-state index in [-0.39, 0.29) is 58.2 Å². The second-order valence-corrected chi connectivity index (χ2v) is 20.5. The number of benzene rings is 3. The summed E-state index contributed by atoms with van der Waals surface area (Å²) in [5.41, 5.74) is 2.65. The summed E-state index contributed by atoms with van der Waals surface area (Å²) in [7, 11) is 0. The van der Waals surface area contributed by atoms with Crippen molar-refractivity contribution in [2.24, 2.45) is 5.41 Å². The van der Waals surface area contributed by atoms with Crippen LogP contribution in [0.25, 0.3) is 5.65 Å². The van der Waals surface area contributed by atoms with Gasteiger partial charge in [0.2, 0.25) is 17.7 Å². The second-order valence-electron chi connectivity index (χ2n) is 20.1. The van der Waals surface area contributed by atoms with Gasteiger partial charge in [0.1, 0.15) is 17.6 Å². The van der Waals surface area contributed by atoms with Crippen molar-refractivity contribution < 1.29 is 46.7 Å². The van der Waals surface area contributed by atoms with E-state index >= 15 is 0 Å². The van der Waals surface area contributed by atoms with Crippen LogP contribution in [0.3, 0.4) is 0 Å². The highest BCUT2D eigenvalue weighted by Crippen LogP contribution is 2.45. The van der Waals surface area contributed by atoms with Crippen LogP contribution < -0.4 is 20.4 Å². The van der Waals surface area contributed by atoms with Crippen LogP contribution in [0.4, 0.5) is 30.4 Å². The van der Waals surface area contributed by atoms with Gasteiger partial charge in [0.05, 0.1) is 47.3 Å². The highest BCUT2D eigenvalue weighted by molar-refractivity contribution is 6.31. The number of imidazole rings is 1. The number of aromatic nitrogens is 3. The molecule has 6 aliphatic rings. The minimum absolute atomic E-state index is 0.00404. The molecule has 21 heteroatoms. The van der Waals surface area contributed by atoms with E-state index in [4.69, 9.17) is 21.4 Å². The molecule has 0 aliphatic carbocycles. The molecule has 0 radical (unpaired) electrons. The van der Waals surface area contributed by atoms with E-state index in [0.29, 0.717) is 66.4 Å². The Bertz CT molecular complexity index is 3210. The van der Waals surface area contributed by atoms with Gasteiger partial charge in [0.15, 0.2) is 5.65 Å². The summed E-state index contributed by atoms with van der Waals surface area (Å²) in [5, 5.41) is 9.49. The topological polar surface area (TPSA) is 182 Å². The minimum Gasteiger partial charge on any atom is -0.375 e. The normalized spacial score (nSPS) is 20.3. The molecule has 74 heavy (non-hydrogen) atoms. The largest absolute Gasteiger partial charge is 0.416 e. The van der Waals surface area contributed by atoms with Crippen molar-refractivity contribution in [3.63, 3.8) is 0 Å². The van der Waals surface area contributed by atoms with Crippen LogP contribution >= 0.6 is 11.6 Å². The lowest BCUT2D eigenvalue weighted by Gasteiger charge is -2.61. The molecule has 6 aliphatic heterocycles. The lowest BCUT2D eigenvalue weighted by Crippen LogP contribution is -2.73. The molecule has 2 N–H and O–H groups in total. The van der Waals surface area contributed by atoms with Crippen LogP contribution in [0.2, 0.25) is 5.02 Å². The molecule has 8 heterocycles. The Morgan fingerprint density at radius 3 is 2.32 bits per heavy atom. The van der Waals surface area contributed by atoms with Gasteiger partial charge < -0.3 is 24.8 Å². The quantitative estimate of drug-likeness (QED) is 0.139. The molecule has 5 fully saturated rings. The van der Waals surface area contributed by atoms with Crippen molar-refractivity contribution >= 4 is 69.9 Å².